The summed E-state index contributed by atoms with van der Waals surface area (Å²) in [4.78, 5) is 32.8. The fraction of sp³-hybridized carbons (Fsp3) is 0.700. The zero-order chi connectivity index (χ0) is 12.2. The molecule has 1 saturated carbocycles. The molecule has 0 bridgehead atoms. The van der Waals surface area contributed by atoms with Crippen molar-refractivity contribution in [3.8, 4) is 0 Å². The first-order chi connectivity index (χ1) is 7.49. The van der Waals surface area contributed by atoms with Gasteiger partial charge in [0.05, 0.1) is 0 Å². The number of nitrogens with one attached hydrogen (secondary N) is 2. The Balaban J connectivity index is 2.16. The second kappa shape index (κ2) is 4.96. The molecule has 16 heavy (non-hydrogen) atoms. The molecule has 6 nitrogen and oxygen atoms in total. The number of carboxylic acid groups (broad SMARTS) is 1. The molecule has 1 rings (SSSR count). The molecule has 0 radical (unpaired) electrons. The second-order valence-electron chi connectivity index (χ2n) is 3.98. The Bertz CT molecular complexity index is 310. The lowest BCUT2D eigenvalue weighted by Crippen LogP contribution is -2.38. The van der Waals surface area contributed by atoms with E-state index in [0.29, 0.717) is 32.4 Å². The van der Waals surface area contributed by atoms with Crippen molar-refractivity contribution in [2.75, 3.05) is 13.1 Å². The highest BCUT2D eigenvalue weighted by molar-refractivity contribution is 6.04. The van der Waals surface area contributed by atoms with Crippen molar-refractivity contribution in [2.24, 2.45) is 5.41 Å². The van der Waals surface area contributed by atoms with Crippen LogP contribution in [0.3, 0.4) is 0 Å². The Morgan fingerprint density at radius 1 is 1.19 bits per heavy atom. The Hall–Kier alpha value is -1.59. The SMILES string of the molecule is CC(=O)NCCCNC(=O)C1(C(=O)O)CC1. The summed E-state index contributed by atoms with van der Waals surface area (Å²) >= 11 is 0. The summed E-state index contributed by atoms with van der Waals surface area (Å²) in [6.07, 6.45) is 1.43. The molecule has 0 unspecified atom stereocenters. The third-order valence-electron chi connectivity index (χ3n) is 2.61. The van der Waals surface area contributed by atoms with E-state index in [1.54, 1.807) is 0 Å². The van der Waals surface area contributed by atoms with Crippen LogP contribution in [-0.4, -0.2) is 36.0 Å². The van der Waals surface area contributed by atoms with Crippen molar-refractivity contribution in [3.63, 3.8) is 0 Å². The van der Waals surface area contributed by atoms with Gasteiger partial charge in [-0.2, -0.15) is 0 Å². The van der Waals surface area contributed by atoms with Crippen LogP contribution in [0.4, 0.5) is 0 Å². The van der Waals surface area contributed by atoms with Crippen LogP contribution in [0.25, 0.3) is 0 Å². The van der Waals surface area contributed by atoms with Gasteiger partial charge in [0.2, 0.25) is 11.8 Å². The Labute approximate surface area is 93.4 Å². The molecule has 6 heteroatoms. The maximum atomic E-state index is 11.5. The van der Waals surface area contributed by atoms with E-state index < -0.39 is 17.3 Å². The highest BCUT2D eigenvalue weighted by atomic mass is 16.4. The van der Waals surface area contributed by atoms with Gasteiger partial charge in [-0.05, 0) is 19.3 Å². The lowest BCUT2D eigenvalue weighted by Gasteiger charge is -2.10. The van der Waals surface area contributed by atoms with Crippen molar-refractivity contribution in [1.82, 2.24) is 10.6 Å². The molecule has 1 aliphatic rings. The van der Waals surface area contributed by atoms with E-state index in [2.05, 4.69) is 10.6 Å². The zero-order valence-corrected chi connectivity index (χ0v) is 9.21. The number of carbonyl (C=O) groups is 3. The van der Waals surface area contributed by atoms with Crippen molar-refractivity contribution >= 4 is 17.8 Å². The van der Waals surface area contributed by atoms with Gasteiger partial charge in [0, 0.05) is 20.0 Å². The van der Waals surface area contributed by atoms with Crippen LogP contribution < -0.4 is 10.6 Å². The van der Waals surface area contributed by atoms with E-state index in [1.807, 2.05) is 0 Å². The summed E-state index contributed by atoms with van der Waals surface area (Å²) in [6, 6.07) is 0. The number of carboxylic acids is 1. The molecule has 90 valence electrons. The topological polar surface area (TPSA) is 95.5 Å². The van der Waals surface area contributed by atoms with E-state index in [9.17, 15) is 14.4 Å². The summed E-state index contributed by atoms with van der Waals surface area (Å²) in [5, 5.41) is 14.0. The highest BCUT2D eigenvalue weighted by Gasteiger charge is 2.56. The number of aliphatic carboxylic acids is 1. The molecule has 3 N–H and O–H groups in total. The van der Waals surface area contributed by atoms with Gasteiger partial charge in [-0.15, -0.1) is 0 Å². The molecule has 1 aliphatic carbocycles. The lowest BCUT2D eigenvalue weighted by atomic mass is 10.1. The average Bonchev–Trinajstić information content (AvgIpc) is 2.96. The minimum absolute atomic E-state index is 0.115. The molecule has 0 atom stereocenters. The first-order valence-corrected chi connectivity index (χ1v) is 5.25. The molecule has 0 aromatic rings. The lowest BCUT2D eigenvalue weighted by molar-refractivity contribution is -0.149. The highest BCUT2D eigenvalue weighted by Crippen LogP contribution is 2.45. The predicted molar refractivity (Wildman–Crippen MR) is 55.6 cm³/mol. The summed E-state index contributed by atoms with van der Waals surface area (Å²) in [5.41, 5.74) is -1.17. The van der Waals surface area contributed by atoms with Gasteiger partial charge in [-0.1, -0.05) is 0 Å². The summed E-state index contributed by atoms with van der Waals surface area (Å²) in [5.74, 6) is -1.58. The van der Waals surface area contributed by atoms with Crippen molar-refractivity contribution in [2.45, 2.75) is 26.2 Å². The normalized spacial score (nSPS) is 16.3. The Morgan fingerprint density at radius 3 is 2.19 bits per heavy atom. The largest absolute Gasteiger partial charge is 0.480 e. The molecule has 0 saturated heterocycles. The molecule has 0 aromatic heterocycles. The van der Waals surface area contributed by atoms with Gasteiger partial charge < -0.3 is 15.7 Å². The van der Waals surface area contributed by atoms with Crippen LogP contribution >= 0.6 is 0 Å². The summed E-state index contributed by atoms with van der Waals surface area (Å²) in [7, 11) is 0. The van der Waals surface area contributed by atoms with E-state index >= 15 is 0 Å². The summed E-state index contributed by atoms with van der Waals surface area (Å²) in [6.45, 7) is 2.28. The zero-order valence-electron chi connectivity index (χ0n) is 9.21. The second-order valence-corrected chi connectivity index (χ2v) is 3.98. The maximum Gasteiger partial charge on any atom is 0.319 e. The fourth-order valence-corrected chi connectivity index (χ4v) is 1.39. The number of hydrogen-bond donors (Lipinski definition) is 3. The van der Waals surface area contributed by atoms with E-state index in [-0.39, 0.29) is 5.91 Å². The molecule has 2 amide bonds. The van der Waals surface area contributed by atoms with Crippen molar-refractivity contribution < 1.29 is 19.5 Å². The quantitative estimate of drug-likeness (QED) is 0.421. The molecular weight excluding hydrogens is 212 g/mol. The standard InChI is InChI=1S/C10H16N2O4/c1-7(13)11-5-2-6-12-8(14)10(3-4-10)9(15)16/h2-6H2,1H3,(H,11,13)(H,12,14)(H,15,16). The van der Waals surface area contributed by atoms with E-state index in [4.69, 9.17) is 5.11 Å². The van der Waals surface area contributed by atoms with Gasteiger partial charge in [0.15, 0.2) is 0 Å². The van der Waals surface area contributed by atoms with Crippen LogP contribution in [0, 0.1) is 5.41 Å². The number of rotatable bonds is 6. The molecule has 0 aliphatic heterocycles. The minimum atomic E-state index is -1.17. The third-order valence-corrected chi connectivity index (χ3v) is 2.61. The first kappa shape index (κ1) is 12.5. The van der Waals surface area contributed by atoms with Gasteiger partial charge >= 0.3 is 5.97 Å². The molecule has 1 fully saturated rings. The van der Waals surface area contributed by atoms with Gasteiger partial charge in [-0.3, -0.25) is 14.4 Å². The van der Waals surface area contributed by atoms with E-state index in [0.717, 1.165) is 0 Å². The number of carbonyl (C=O) groups excluding carboxylic acids is 2. The van der Waals surface area contributed by atoms with Crippen molar-refractivity contribution in [3.05, 3.63) is 0 Å². The molecular formula is C10H16N2O4. The third kappa shape index (κ3) is 2.95. The van der Waals surface area contributed by atoms with Gasteiger partial charge in [0.1, 0.15) is 5.41 Å². The number of hydrogen-bond acceptors (Lipinski definition) is 3. The summed E-state index contributed by atoms with van der Waals surface area (Å²) < 4.78 is 0. The van der Waals surface area contributed by atoms with Crippen LogP contribution in [0.15, 0.2) is 0 Å². The van der Waals surface area contributed by atoms with Crippen LogP contribution in [0.5, 0.6) is 0 Å². The smallest absolute Gasteiger partial charge is 0.319 e. The van der Waals surface area contributed by atoms with Crippen LogP contribution in [0.1, 0.15) is 26.2 Å². The van der Waals surface area contributed by atoms with E-state index in [1.165, 1.54) is 6.92 Å². The molecule has 0 aromatic carbocycles. The van der Waals surface area contributed by atoms with Crippen LogP contribution in [0.2, 0.25) is 0 Å². The predicted octanol–water partition coefficient (Wildman–Crippen LogP) is -0.506. The van der Waals surface area contributed by atoms with Crippen LogP contribution in [-0.2, 0) is 14.4 Å². The van der Waals surface area contributed by atoms with Gasteiger partial charge in [-0.25, -0.2) is 0 Å². The average molecular weight is 228 g/mol. The van der Waals surface area contributed by atoms with Crippen molar-refractivity contribution in [1.29, 1.82) is 0 Å². The minimum Gasteiger partial charge on any atom is -0.480 e. The Kier molecular flexibility index (Phi) is 3.87. The maximum absolute atomic E-state index is 11.5. The molecule has 0 spiro atoms. The Morgan fingerprint density at radius 2 is 1.75 bits per heavy atom. The monoisotopic (exact) mass is 228 g/mol. The number of amides is 2. The fourth-order valence-electron chi connectivity index (χ4n) is 1.39. The molecule has 0 heterocycles. The first-order valence-electron chi connectivity index (χ1n) is 5.25. The van der Waals surface area contributed by atoms with Gasteiger partial charge in [0.25, 0.3) is 0 Å².